The van der Waals surface area contributed by atoms with Gasteiger partial charge in [-0.3, -0.25) is 0 Å². The lowest BCUT2D eigenvalue weighted by Crippen LogP contribution is -2.41. The van der Waals surface area contributed by atoms with E-state index in [0.29, 0.717) is 0 Å². The molecule has 1 aliphatic rings. The number of rotatable bonds is 13. The fourth-order valence-electron chi connectivity index (χ4n) is 3.98. The molecule has 1 rings (SSSR count). The summed E-state index contributed by atoms with van der Waals surface area (Å²) in [5, 5.41) is 11.2. The van der Waals surface area contributed by atoms with Gasteiger partial charge in [0, 0.05) is 19.1 Å². The van der Waals surface area contributed by atoms with Crippen molar-refractivity contribution in [3.8, 4) is 0 Å². The first kappa shape index (κ1) is 21.9. The summed E-state index contributed by atoms with van der Waals surface area (Å²) in [5.41, 5.74) is 0. The summed E-state index contributed by atoms with van der Waals surface area (Å²) in [5.74, 6) is 0. The Bertz CT molecular complexity index is 249. The number of hydroxylamine groups is 2. The van der Waals surface area contributed by atoms with Gasteiger partial charge in [-0.25, -0.2) is 0 Å². The molecule has 1 N–H and O–H groups in total. The molecule has 0 amide bonds. The Morgan fingerprint density at radius 1 is 0.667 bits per heavy atom. The van der Waals surface area contributed by atoms with E-state index in [0.717, 1.165) is 32.0 Å². The van der Waals surface area contributed by atoms with Crippen LogP contribution >= 0.6 is 0 Å². The highest BCUT2D eigenvalue weighted by atomic mass is 16.5. The van der Waals surface area contributed by atoms with E-state index in [9.17, 15) is 5.21 Å². The molecular weight excluding hydrogens is 296 g/mol. The molecule has 1 saturated heterocycles. The topological polar surface area (TPSA) is 26.7 Å². The summed E-state index contributed by atoms with van der Waals surface area (Å²) >= 11 is 0. The Hall–Kier alpha value is -0.120. The van der Waals surface area contributed by atoms with Crippen LogP contribution in [0.3, 0.4) is 0 Å². The van der Waals surface area contributed by atoms with Crippen molar-refractivity contribution in [3.63, 3.8) is 0 Å². The van der Waals surface area contributed by atoms with Gasteiger partial charge in [0.05, 0.1) is 0 Å². The van der Waals surface area contributed by atoms with Crippen LogP contribution in [-0.4, -0.2) is 47.4 Å². The summed E-state index contributed by atoms with van der Waals surface area (Å²) in [6, 6.07) is 0.790. The van der Waals surface area contributed by atoms with Crippen LogP contribution in [-0.2, 0) is 0 Å². The Labute approximate surface area is 151 Å². The molecule has 24 heavy (non-hydrogen) atoms. The Morgan fingerprint density at radius 3 is 1.58 bits per heavy atom. The van der Waals surface area contributed by atoms with Crippen LogP contribution < -0.4 is 0 Å². The molecular formula is C21H44N2O. The fraction of sp³-hybridized carbons (Fsp3) is 1.00. The van der Waals surface area contributed by atoms with E-state index in [-0.39, 0.29) is 0 Å². The maximum atomic E-state index is 9.70. The van der Waals surface area contributed by atoms with Crippen molar-refractivity contribution in [3.05, 3.63) is 0 Å². The van der Waals surface area contributed by atoms with E-state index < -0.39 is 0 Å². The van der Waals surface area contributed by atoms with Gasteiger partial charge in [-0.2, -0.15) is 5.06 Å². The largest absolute Gasteiger partial charge is 0.314 e. The number of unbranched alkanes of at least 4 members (excludes halogenated alkanes) is 8. The van der Waals surface area contributed by atoms with Crippen LogP contribution in [0, 0.1) is 0 Å². The van der Waals surface area contributed by atoms with Crippen LogP contribution in [0.25, 0.3) is 0 Å². The minimum Gasteiger partial charge on any atom is -0.314 e. The van der Waals surface area contributed by atoms with E-state index in [4.69, 9.17) is 0 Å². The van der Waals surface area contributed by atoms with Gasteiger partial charge in [-0.15, -0.1) is 0 Å². The SMILES string of the molecule is CCCCCCCC(CCCCCCC)N1CCCN(O)CCC1. The van der Waals surface area contributed by atoms with Gasteiger partial charge in [0.1, 0.15) is 0 Å². The summed E-state index contributed by atoms with van der Waals surface area (Å²) in [4.78, 5) is 2.76. The Kier molecular flexibility index (Phi) is 13.8. The number of hydrogen-bond donors (Lipinski definition) is 1. The van der Waals surface area contributed by atoms with Gasteiger partial charge in [0.15, 0.2) is 0 Å². The fourth-order valence-corrected chi connectivity index (χ4v) is 3.98. The maximum absolute atomic E-state index is 9.70. The third-order valence-electron chi connectivity index (χ3n) is 5.52. The van der Waals surface area contributed by atoms with Gasteiger partial charge in [0.25, 0.3) is 0 Å². The lowest BCUT2D eigenvalue weighted by molar-refractivity contribution is -0.100. The van der Waals surface area contributed by atoms with Gasteiger partial charge in [-0.1, -0.05) is 78.1 Å². The average Bonchev–Trinajstić information content (AvgIpc) is 2.56. The highest BCUT2D eigenvalue weighted by Gasteiger charge is 2.19. The molecule has 1 heterocycles. The van der Waals surface area contributed by atoms with Crippen molar-refractivity contribution in [1.82, 2.24) is 9.96 Å². The first-order valence-electron chi connectivity index (χ1n) is 11.0. The van der Waals surface area contributed by atoms with Crippen LogP contribution in [0.4, 0.5) is 0 Å². The van der Waals surface area contributed by atoms with Crippen LogP contribution in [0.5, 0.6) is 0 Å². The second kappa shape index (κ2) is 15.2. The standard InChI is InChI=1S/C21H44N2O/c1-3-5-7-9-11-15-21(16-12-10-8-6-4-2)22-17-13-19-23(24)20-14-18-22/h21,24H,3-20H2,1-2H3. The second-order valence-electron chi connectivity index (χ2n) is 7.76. The van der Waals surface area contributed by atoms with Gasteiger partial charge in [0.2, 0.25) is 0 Å². The van der Waals surface area contributed by atoms with Crippen molar-refractivity contribution in [2.45, 2.75) is 110 Å². The normalized spacial score (nSPS) is 18.0. The molecule has 0 unspecified atom stereocenters. The zero-order valence-corrected chi connectivity index (χ0v) is 16.6. The van der Waals surface area contributed by atoms with E-state index in [1.54, 1.807) is 0 Å². The minimum atomic E-state index is 0.790. The molecule has 0 aromatic heterocycles. The Morgan fingerprint density at radius 2 is 1.12 bits per heavy atom. The average molecular weight is 341 g/mol. The smallest absolute Gasteiger partial charge is 0.0250 e. The molecule has 0 aliphatic carbocycles. The maximum Gasteiger partial charge on any atom is 0.0250 e. The molecule has 1 aliphatic heterocycles. The first-order chi connectivity index (χ1) is 11.8. The number of hydrogen-bond acceptors (Lipinski definition) is 3. The van der Waals surface area contributed by atoms with Gasteiger partial charge >= 0.3 is 0 Å². The van der Waals surface area contributed by atoms with Crippen molar-refractivity contribution < 1.29 is 5.21 Å². The highest BCUT2D eigenvalue weighted by molar-refractivity contribution is 4.74. The molecule has 0 radical (unpaired) electrons. The predicted octanol–water partition coefficient (Wildman–Crippen LogP) is 5.86. The molecule has 0 bridgehead atoms. The van der Waals surface area contributed by atoms with Crippen molar-refractivity contribution >= 4 is 0 Å². The van der Waals surface area contributed by atoms with E-state index in [2.05, 4.69) is 18.7 Å². The zero-order valence-electron chi connectivity index (χ0n) is 16.6. The monoisotopic (exact) mass is 340 g/mol. The lowest BCUT2D eigenvalue weighted by atomic mass is 9.98. The summed E-state index contributed by atoms with van der Waals surface area (Å²) in [6.45, 7) is 8.62. The minimum absolute atomic E-state index is 0.790. The Balaban J connectivity index is 2.36. The molecule has 0 saturated carbocycles. The van der Waals surface area contributed by atoms with Gasteiger partial charge < -0.3 is 10.1 Å². The van der Waals surface area contributed by atoms with Crippen LogP contribution in [0.1, 0.15) is 104 Å². The van der Waals surface area contributed by atoms with E-state index >= 15 is 0 Å². The summed E-state index contributed by atoms with van der Waals surface area (Å²) in [7, 11) is 0. The molecule has 144 valence electrons. The van der Waals surface area contributed by atoms with E-state index in [1.165, 1.54) is 95.2 Å². The summed E-state index contributed by atoms with van der Waals surface area (Å²) in [6.07, 6.45) is 18.9. The molecule has 0 aromatic rings. The van der Waals surface area contributed by atoms with Crippen molar-refractivity contribution in [2.24, 2.45) is 0 Å². The predicted molar refractivity (Wildman–Crippen MR) is 105 cm³/mol. The van der Waals surface area contributed by atoms with Gasteiger partial charge in [-0.05, 0) is 38.8 Å². The lowest BCUT2D eigenvalue weighted by Gasteiger charge is -2.34. The number of nitrogens with zero attached hydrogens (tertiary/aromatic N) is 2. The molecule has 3 heteroatoms. The van der Waals surface area contributed by atoms with Crippen LogP contribution in [0.15, 0.2) is 0 Å². The van der Waals surface area contributed by atoms with E-state index in [1.807, 2.05) is 0 Å². The quantitative estimate of drug-likeness (QED) is 0.425. The summed E-state index contributed by atoms with van der Waals surface area (Å²) < 4.78 is 0. The second-order valence-corrected chi connectivity index (χ2v) is 7.76. The van der Waals surface area contributed by atoms with Crippen molar-refractivity contribution in [2.75, 3.05) is 26.2 Å². The third kappa shape index (κ3) is 10.7. The van der Waals surface area contributed by atoms with Crippen LogP contribution in [0.2, 0.25) is 0 Å². The first-order valence-corrected chi connectivity index (χ1v) is 11.0. The zero-order chi connectivity index (χ0) is 17.5. The molecule has 3 nitrogen and oxygen atoms in total. The molecule has 0 atom stereocenters. The molecule has 1 fully saturated rings. The molecule has 0 aromatic carbocycles. The third-order valence-corrected chi connectivity index (χ3v) is 5.52. The molecule has 0 spiro atoms. The highest BCUT2D eigenvalue weighted by Crippen LogP contribution is 2.20. The van der Waals surface area contributed by atoms with Crippen molar-refractivity contribution in [1.29, 1.82) is 0 Å².